The van der Waals surface area contributed by atoms with Crippen molar-refractivity contribution in [2.75, 3.05) is 13.6 Å². The minimum absolute atomic E-state index is 0.0289. The average Bonchev–Trinajstić information content (AvgIpc) is 2.45. The smallest absolute Gasteiger partial charge is 0.269 e. The molecule has 110 valence electrons. The Morgan fingerprint density at radius 1 is 1.35 bits per heavy atom. The number of likely N-dealkylation sites (N-methyl/N-ethyl adjacent to an activating group) is 1. The number of nitrogens with one attached hydrogen (secondary N) is 1. The maximum absolute atomic E-state index is 12.0. The maximum Gasteiger partial charge on any atom is 0.269 e. The number of nitrogens with zero attached hydrogens (tertiary/aromatic N) is 2. The molecule has 1 aromatic rings. The summed E-state index contributed by atoms with van der Waals surface area (Å²) in [5, 5.41) is 13.8. The number of nitro benzene ring substituents is 1. The molecule has 0 aliphatic carbocycles. The molecule has 2 atom stereocenters. The standard InChI is InChI=1S/C14H21N3O3/c1-5-16(4)14(18)11(3)15-10(2)12-6-8-13(9-7-12)17(19)20/h6-11,15H,5H2,1-4H3. The van der Waals surface area contributed by atoms with Crippen molar-refractivity contribution >= 4 is 11.6 Å². The molecule has 0 heterocycles. The quantitative estimate of drug-likeness (QED) is 0.639. The summed E-state index contributed by atoms with van der Waals surface area (Å²) in [6.07, 6.45) is 0. The van der Waals surface area contributed by atoms with E-state index in [1.165, 1.54) is 12.1 Å². The van der Waals surface area contributed by atoms with Crippen molar-refractivity contribution in [1.82, 2.24) is 10.2 Å². The first-order chi connectivity index (χ1) is 9.36. The van der Waals surface area contributed by atoms with Gasteiger partial charge in [0.25, 0.3) is 5.69 Å². The van der Waals surface area contributed by atoms with Crippen molar-refractivity contribution < 1.29 is 9.72 Å². The van der Waals surface area contributed by atoms with Crippen LogP contribution in [0.3, 0.4) is 0 Å². The lowest BCUT2D eigenvalue weighted by molar-refractivity contribution is -0.384. The fraction of sp³-hybridized carbons (Fsp3) is 0.500. The molecule has 20 heavy (non-hydrogen) atoms. The number of carbonyl (C=O) groups excluding carboxylic acids is 1. The first kappa shape index (κ1) is 16.1. The molecule has 0 aliphatic heterocycles. The van der Waals surface area contributed by atoms with Gasteiger partial charge in [-0.15, -0.1) is 0 Å². The van der Waals surface area contributed by atoms with Crippen LogP contribution in [0.5, 0.6) is 0 Å². The summed E-state index contributed by atoms with van der Waals surface area (Å²) in [7, 11) is 1.76. The number of non-ortho nitro benzene ring substituents is 1. The van der Waals surface area contributed by atoms with Crippen LogP contribution in [0.15, 0.2) is 24.3 Å². The number of hydrogen-bond donors (Lipinski definition) is 1. The Labute approximate surface area is 118 Å². The summed E-state index contributed by atoms with van der Waals surface area (Å²) in [4.78, 5) is 23.8. The van der Waals surface area contributed by atoms with E-state index in [1.807, 2.05) is 20.8 Å². The van der Waals surface area contributed by atoms with Crippen molar-refractivity contribution in [2.24, 2.45) is 0 Å². The van der Waals surface area contributed by atoms with Crippen LogP contribution in [0, 0.1) is 10.1 Å². The minimum Gasteiger partial charge on any atom is -0.345 e. The highest BCUT2D eigenvalue weighted by atomic mass is 16.6. The Kier molecular flexibility index (Phi) is 5.64. The van der Waals surface area contributed by atoms with Crippen LogP contribution in [0.1, 0.15) is 32.4 Å². The van der Waals surface area contributed by atoms with E-state index in [0.717, 1.165) is 5.56 Å². The molecule has 1 N–H and O–H groups in total. The van der Waals surface area contributed by atoms with Gasteiger partial charge in [-0.25, -0.2) is 0 Å². The predicted molar refractivity (Wildman–Crippen MR) is 77.4 cm³/mol. The van der Waals surface area contributed by atoms with Crippen LogP contribution in [-0.4, -0.2) is 35.4 Å². The lowest BCUT2D eigenvalue weighted by Gasteiger charge is -2.24. The molecule has 6 nitrogen and oxygen atoms in total. The van der Waals surface area contributed by atoms with Crippen molar-refractivity contribution in [3.05, 3.63) is 39.9 Å². The van der Waals surface area contributed by atoms with Crippen molar-refractivity contribution in [3.8, 4) is 0 Å². The highest BCUT2D eigenvalue weighted by Gasteiger charge is 2.19. The normalized spacial score (nSPS) is 13.6. The molecule has 0 aliphatic rings. The zero-order chi connectivity index (χ0) is 15.3. The van der Waals surface area contributed by atoms with Crippen LogP contribution in [0.25, 0.3) is 0 Å². The molecule has 2 unspecified atom stereocenters. The SMILES string of the molecule is CCN(C)C(=O)C(C)NC(C)c1ccc([N+](=O)[O-])cc1. The van der Waals surface area contributed by atoms with Gasteiger partial charge >= 0.3 is 0 Å². The van der Waals surface area contributed by atoms with Gasteiger partial charge in [-0.2, -0.15) is 0 Å². The topological polar surface area (TPSA) is 75.5 Å². The summed E-state index contributed by atoms with van der Waals surface area (Å²) in [5.41, 5.74) is 0.977. The van der Waals surface area contributed by atoms with E-state index in [0.29, 0.717) is 6.54 Å². The zero-order valence-electron chi connectivity index (χ0n) is 12.3. The second-order valence-corrected chi connectivity index (χ2v) is 4.81. The number of nitro groups is 1. The molecule has 1 amide bonds. The van der Waals surface area contributed by atoms with Crippen LogP contribution < -0.4 is 5.32 Å². The summed E-state index contributed by atoms with van der Waals surface area (Å²) in [6.45, 7) is 6.33. The van der Waals surface area contributed by atoms with Crippen molar-refractivity contribution in [3.63, 3.8) is 0 Å². The molecule has 0 saturated heterocycles. The van der Waals surface area contributed by atoms with Gasteiger partial charge in [0.15, 0.2) is 0 Å². The fourth-order valence-corrected chi connectivity index (χ4v) is 1.91. The third kappa shape index (κ3) is 4.03. The molecule has 0 radical (unpaired) electrons. The van der Waals surface area contributed by atoms with Gasteiger partial charge in [0.2, 0.25) is 5.91 Å². The Morgan fingerprint density at radius 3 is 2.35 bits per heavy atom. The highest BCUT2D eigenvalue weighted by molar-refractivity contribution is 5.81. The molecule has 1 aromatic carbocycles. The summed E-state index contributed by atoms with van der Waals surface area (Å²) in [6, 6.07) is 5.99. The third-order valence-corrected chi connectivity index (χ3v) is 3.32. The Morgan fingerprint density at radius 2 is 1.90 bits per heavy atom. The van der Waals surface area contributed by atoms with E-state index in [2.05, 4.69) is 5.32 Å². The van der Waals surface area contributed by atoms with E-state index in [9.17, 15) is 14.9 Å². The van der Waals surface area contributed by atoms with Gasteiger partial charge < -0.3 is 4.90 Å². The second kappa shape index (κ2) is 7.00. The largest absolute Gasteiger partial charge is 0.345 e. The molecule has 1 rings (SSSR count). The van der Waals surface area contributed by atoms with Crippen molar-refractivity contribution in [2.45, 2.75) is 32.9 Å². The van der Waals surface area contributed by atoms with E-state index in [-0.39, 0.29) is 23.7 Å². The predicted octanol–water partition coefficient (Wildman–Crippen LogP) is 2.11. The van der Waals surface area contributed by atoms with Gasteiger partial charge in [-0.3, -0.25) is 20.2 Å². The van der Waals surface area contributed by atoms with Gasteiger partial charge in [-0.1, -0.05) is 12.1 Å². The maximum atomic E-state index is 12.0. The number of hydrogen-bond acceptors (Lipinski definition) is 4. The van der Waals surface area contributed by atoms with E-state index in [4.69, 9.17) is 0 Å². The average molecular weight is 279 g/mol. The lowest BCUT2D eigenvalue weighted by atomic mass is 10.1. The van der Waals surface area contributed by atoms with Gasteiger partial charge in [0.05, 0.1) is 11.0 Å². The second-order valence-electron chi connectivity index (χ2n) is 4.81. The molecule has 0 saturated carbocycles. The summed E-state index contributed by atoms with van der Waals surface area (Å²) < 4.78 is 0. The van der Waals surface area contributed by atoms with Gasteiger partial charge in [-0.05, 0) is 26.3 Å². The molecule has 0 fully saturated rings. The fourth-order valence-electron chi connectivity index (χ4n) is 1.91. The molecule has 0 spiro atoms. The molecule has 0 bridgehead atoms. The van der Waals surface area contributed by atoms with Crippen molar-refractivity contribution in [1.29, 1.82) is 0 Å². The van der Waals surface area contributed by atoms with Crippen LogP contribution in [-0.2, 0) is 4.79 Å². The third-order valence-electron chi connectivity index (χ3n) is 3.32. The highest BCUT2D eigenvalue weighted by Crippen LogP contribution is 2.18. The number of benzene rings is 1. The Hall–Kier alpha value is -1.95. The zero-order valence-corrected chi connectivity index (χ0v) is 12.3. The van der Waals surface area contributed by atoms with Crippen LogP contribution >= 0.6 is 0 Å². The van der Waals surface area contributed by atoms with Gasteiger partial charge in [0.1, 0.15) is 0 Å². The number of amides is 1. The van der Waals surface area contributed by atoms with E-state index in [1.54, 1.807) is 24.1 Å². The monoisotopic (exact) mass is 279 g/mol. The first-order valence-electron chi connectivity index (χ1n) is 6.62. The summed E-state index contributed by atoms with van der Waals surface area (Å²) in [5.74, 6) is 0.0289. The van der Waals surface area contributed by atoms with Crippen LogP contribution in [0.2, 0.25) is 0 Å². The Bertz CT molecular complexity index is 473. The first-order valence-corrected chi connectivity index (χ1v) is 6.62. The lowest BCUT2D eigenvalue weighted by Crippen LogP contribution is -2.43. The molecule has 6 heteroatoms. The number of rotatable bonds is 6. The minimum atomic E-state index is -0.426. The number of carbonyl (C=O) groups is 1. The van der Waals surface area contributed by atoms with Gasteiger partial charge in [0, 0.05) is 31.8 Å². The van der Waals surface area contributed by atoms with E-state index >= 15 is 0 Å². The summed E-state index contributed by atoms with van der Waals surface area (Å²) >= 11 is 0. The van der Waals surface area contributed by atoms with E-state index < -0.39 is 4.92 Å². The van der Waals surface area contributed by atoms with Crippen LogP contribution in [0.4, 0.5) is 5.69 Å². The molecular formula is C14H21N3O3. The molecular weight excluding hydrogens is 258 g/mol. The molecule has 0 aromatic heterocycles. The Balaban J connectivity index is 2.68.